The van der Waals surface area contributed by atoms with Gasteiger partial charge >= 0.3 is 6.09 Å². The summed E-state index contributed by atoms with van der Waals surface area (Å²) in [7, 11) is 0. The smallest absolute Gasteiger partial charge is 0.410 e. The lowest BCUT2D eigenvalue weighted by molar-refractivity contribution is 0.0240. The molecule has 3 amide bonds. The topological polar surface area (TPSA) is 88.0 Å². The van der Waals surface area contributed by atoms with Crippen molar-refractivity contribution in [2.24, 2.45) is 5.92 Å². The van der Waals surface area contributed by atoms with Crippen LogP contribution in [0.15, 0.2) is 42.5 Å². The second-order valence-electron chi connectivity index (χ2n) is 13.0. The summed E-state index contributed by atoms with van der Waals surface area (Å²) in [6.07, 6.45) is 3.92. The number of hydrogen-bond donors (Lipinski definition) is 0. The van der Waals surface area contributed by atoms with E-state index in [1.807, 2.05) is 32.9 Å². The fourth-order valence-electron chi connectivity index (χ4n) is 6.47. The van der Waals surface area contributed by atoms with E-state index in [-0.39, 0.29) is 29.9 Å². The van der Waals surface area contributed by atoms with Crippen LogP contribution in [0.4, 0.5) is 10.5 Å². The van der Waals surface area contributed by atoms with Crippen molar-refractivity contribution in [3.05, 3.63) is 59.3 Å². The van der Waals surface area contributed by atoms with Crippen LogP contribution >= 0.6 is 0 Å². The third-order valence-electron chi connectivity index (χ3n) is 8.86. The molecule has 2 aromatic carbocycles. The van der Waals surface area contributed by atoms with Gasteiger partial charge in [0.2, 0.25) is 0 Å². The van der Waals surface area contributed by atoms with Gasteiger partial charge in [-0.25, -0.2) is 4.79 Å². The molecule has 0 radical (unpaired) electrons. The van der Waals surface area contributed by atoms with Crippen molar-refractivity contribution in [2.75, 3.05) is 37.6 Å². The Kier molecular flexibility index (Phi) is 6.10. The molecule has 3 aromatic rings. The molecular formula is C32H37N5O4. The molecule has 0 atom stereocenters. The molecular weight excluding hydrogens is 518 g/mol. The summed E-state index contributed by atoms with van der Waals surface area (Å²) in [5.41, 5.74) is 4.03. The van der Waals surface area contributed by atoms with Crippen LogP contribution in [0.5, 0.6) is 0 Å². The summed E-state index contributed by atoms with van der Waals surface area (Å²) in [5.74, 6) is 0.461. The Morgan fingerprint density at radius 3 is 2.22 bits per heavy atom. The third kappa shape index (κ3) is 4.75. The Morgan fingerprint density at radius 1 is 0.951 bits per heavy atom. The molecule has 7 rings (SSSR count). The number of carbonyl (C=O) groups excluding carboxylic acids is 3. The highest BCUT2D eigenvalue weighted by Crippen LogP contribution is 2.46. The first-order valence-corrected chi connectivity index (χ1v) is 14.9. The third-order valence-corrected chi connectivity index (χ3v) is 8.86. The average Bonchev–Trinajstić information content (AvgIpc) is 3.67. The molecule has 214 valence electrons. The molecule has 9 heteroatoms. The lowest BCUT2D eigenvalue weighted by atomic mass is 9.80. The molecule has 9 nitrogen and oxygen atoms in total. The highest BCUT2D eigenvalue weighted by atomic mass is 16.6. The standard InChI is InChI=1S/C32H37N5O4/c1-32(2,3)41-31(40)35-14-12-34(13-15-35)22-10-11-26-27(18-22)37(33-28(26)21-8-9-21)23-16-20(17-23)19-36-29(38)24-6-4-5-7-25(24)30(36)39/h4-7,10-11,18,20-21,23H,8-9,12-17,19H2,1-3H3/t20-,23-. The molecule has 1 saturated heterocycles. The number of anilines is 1. The molecule has 4 aliphatic rings. The molecule has 2 saturated carbocycles. The van der Waals surface area contributed by atoms with Gasteiger partial charge in [0.15, 0.2) is 0 Å². The van der Waals surface area contributed by atoms with E-state index in [0.29, 0.717) is 36.7 Å². The van der Waals surface area contributed by atoms with Crippen molar-refractivity contribution in [1.82, 2.24) is 19.6 Å². The van der Waals surface area contributed by atoms with Gasteiger partial charge in [-0.3, -0.25) is 19.2 Å². The van der Waals surface area contributed by atoms with Gasteiger partial charge in [-0.2, -0.15) is 5.10 Å². The van der Waals surface area contributed by atoms with E-state index < -0.39 is 5.60 Å². The average molecular weight is 556 g/mol. The van der Waals surface area contributed by atoms with E-state index in [4.69, 9.17) is 9.84 Å². The van der Waals surface area contributed by atoms with E-state index in [0.717, 1.165) is 37.1 Å². The maximum Gasteiger partial charge on any atom is 0.410 e. The van der Waals surface area contributed by atoms with E-state index in [9.17, 15) is 14.4 Å². The van der Waals surface area contributed by atoms with Gasteiger partial charge in [0, 0.05) is 49.7 Å². The molecule has 0 spiro atoms. The number of hydrogen-bond acceptors (Lipinski definition) is 6. The minimum Gasteiger partial charge on any atom is -0.444 e. The van der Waals surface area contributed by atoms with Gasteiger partial charge in [0.25, 0.3) is 11.8 Å². The second kappa shape index (κ2) is 9.60. The van der Waals surface area contributed by atoms with Crippen LogP contribution in [0, 0.1) is 5.92 Å². The Bertz CT molecular complexity index is 1500. The van der Waals surface area contributed by atoms with E-state index in [1.54, 1.807) is 17.0 Å². The maximum absolute atomic E-state index is 12.9. The highest BCUT2D eigenvalue weighted by Gasteiger charge is 2.41. The van der Waals surface area contributed by atoms with E-state index in [2.05, 4.69) is 27.8 Å². The van der Waals surface area contributed by atoms with E-state index in [1.165, 1.54) is 28.8 Å². The first-order chi connectivity index (χ1) is 19.7. The Labute approximate surface area is 240 Å². The van der Waals surface area contributed by atoms with Crippen LogP contribution in [0.1, 0.15) is 84.8 Å². The van der Waals surface area contributed by atoms with Gasteiger partial charge in [-0.15, -0.1) is 0 Å². The molecule has 3 fully saturated rings. The second-order valence-corrected chi connectivity index (χ2v) is 13.0. The lowest BCUT2D eigenvalue weighted by Crippen LogP contribution is -2.50. The van der Waals surface area contributed by atoms with Crippen LogP contribution in [-0.2, 0) is 4.74 Å². The van der Waals surface area contributed by atoms with Crippen LogP contribution in [0.3, 0.4) is 0 Å². The number of aromatic nitrogens is 2. The molecule has 0 N–H and O–H groups in total. The fraction of sp³-hybridized carbons (Fsp3) is 0.500. The van der Waals surface area contributed by atoms with Gasteiger partial charge in [0.1, 0.15) is 5.60 Å². The largest absolute Gasteiger partial charge is 0.444 e. The van der Waals surface area contributed by atoms with E-state index >= 15 is 0 Å². The van der Waals surface area contributed by atoms with Crippen LogP contribution in [0.25, 0.3) is 10.9 Å². The number of imide groups is 1. The van der Waals surface area contributed by atoms with Crippen LogP contribution in [-0.4, -0.2) is 75.8 Å². The zero-order valence-corrected chi connectivity index (χ0v) is 24.0. The molecule has 0 bridgehead atoms. The monoisotopic (exact) mass is 555 g/mol. The number of piperazine rings is 1. The van der Waals surface area contributed by atoms with Crippen LogP contribution in [0.2, 0.25) is 0 Å². The predicted molar refractivity (Wildman–Crippen MR) is 155 cm³/mol. The molecule has 2 aliphatic carbocycles. The molecule has 0 unspecified atom stereocenters. The molecule has 1 aromatic heterocycles. The summed E-state index contributed by atoms with van der Waals surface area (Å²) in [6, 6.07) is 14.0. The minimum absolute atomic E-state index is 0.175. The maximum atomic E-state index is 12.9. The minimum atomic E-state index is -0.498. The number of benzene rings is 2. The van der Waals surface area contributed by atoms with Crippen LogP contribution < -0.4 is 4.90 Å². The Hall–Kier alpha value is -3.88. The van der Waals surface area contributed by atoms with Crippen molar-refractivity contribution in [2.45, 2.75) is 64.0 Å². The van der Waals surface area contributed by atoms with Crippen molar-refractivity contribution in [3.63, 3.8) is 0 Å². The summed E-state index contributed by atoms with van der Waals surface area (Å²) in [4.78, 5) is 43.8. The van der Waals surface area contributed by atoms with Crippen molar-refractivity contribution in [1.29, 1.82) is 0 Å². The number of amides is 3. The quantitative estimate of drug-likeness (QED) is 0.401. The molecule has 41 heavy (non-hydrogen) atoms. The number of nitrogens with zero attached hydrogens (tertiary/aromatic N) is 5. The van der Waals surface area contributed by atoms with Gasteiger partial charge < -0.3 is 14.5 Å². The number of fused-ring (bicyclic) bond motifs is 2. The van der Waals surface area contributed by atoms with Crippen molar-refractivity contribution < 1.29 is 19.1 Å². The first-order valence-electron chi connectivity index (χ1n) is 14.9. The number of ether oxygens (including phenoxy) is 1. The molecule has 2 aliphatic heterocycles. The van der Waals surface area contributed by atoms with Crippen molar-refractivity contribution in [3.8, 4) is 0 Å². The fourth-order valence-corrected chi connectivity index (χ4v) is 6.47. The summed E-state index contributed by atoms with van der Waals surface area (Å²) in [5, 5.41) is 6.37. The van der Waals surface area contributed by atoms with Gasteiger partial charge in [-0.1, -0.05) is 12.1 Å². The normalized spacial score (nSPS) is 22.8. The number of rotatable bonds is 5. The first kappa shape index (κ1) is 26.0. The highest BCUT2D eigenvalue weighted by molar-refractivity contribution is 6.21. The summed E-state index contributed by atoms with van der Waals surface area (Å²) >= 11 is 0. The summed E-state index contributed by atoms with van der Waals surface area (Å²) < 4.78 is 7.77. The molecule has 3 heterocycles. The SMILES string of the molecule is CC(C)(C)OC(=O)N1CCN(c2ccc3c(C4CC4)nn([C@H]4C[C@H](CN5C(=O)c6ccccc6C5=O)C4)c3c2)CC1. The lowest BCUT2D eigenvalue weighted by Gasteiger charge is -2.38. The number of carbonyl (C=O) groups is 3. The van der Waals surface area contributed by atoms with Gasteiger partial charge in [0.05, 0.1) is 28.4 Å². The Balaban J connectivity index is 1.05. The predicted octanol–water partition coefficient (Wildman–Crippen LogP) is 5.22. The zero-order valence-electron chi connectivity index (χ0n) is 24.0. The summed E-state index contributed by atoms with van der Waals surface area (Å²) in [6.45, 7) is 8.90. The van der Waals surface area contributed by atoms with Crippen molar-refractivity contribution >= 4 is 34.5 Å². The Morgan fingerprint density at radius 2 is 1.61 bits per heavy atom. The zero-order chi connectivity index (χ0) is 28.5. The van der Waals surface area contributed by atoms with Gasteiger partial charge in [-0.05, 0) is 82.7 Å².